The smallest absolute Gasteiger partial charge is 0.300 e. The molecule has 1 aromatic rings. The van der Waals surface area contributed by atoms with E-state index in [9.17, 15) is 14.9 Å². The van der Waals surface area contributed by atoms with Gasteiger partial charge in [-0.15, -0.1) is 0 Å². The summed E-state index contributed by atoms with van der Waals surface area (Å²) in [6, 6.07) is 1.43. The van der Waals surface area contributed by atoms with E-state index < -0.39 is 4.92 Å². The summed E-state index contributed by atoms with van der Waals surface area (Å²) in [5, 5.41) is 13.7. The second-order valence-electron chi connectivity index (χ2n) is 4.09. The number of likely N-dealkylation sites (tertiary alicyclic amines) is 1. The fourth-order valence-corrected chi connectivity index (χ4v) is 1.99. The molecule has 96 valence electrons. The maximum atomic E-state index is 12.2. The van der Waals surface area contributed by atoms with Crippen molar-refractivity contribution in [3.8, 4) is 0 Å². The molecule has 0 unspecified atom stereocenters. The molecule has 0 saturated carbocycles. The zero-order valence-electron chi connectivity index (χ0n) is 10.0. The Balaban J connectivity index is 2.39. The highest BCUT2D eigenvalue weighted by atomic mass is 16.6. The monoisotopic (exact) mass is 250 g/mol. The molecule has 0 atom stereocenters. The molecule has 0 radical (unpaired) electrons. The summed E-state index contributed by atoms with van der Waals surface area (Å²) in [5.74, 6) is 0.154. The third-order valence-corrected chi connectivity index (χ3v) is 2.96. The number of pyridine rings is 1. The molecule has 7 heteroatoms. The molecule has 1 amide bonds. The second-order valence-corrected chi connectivity index (χ2v) is 4.09. The lowest BCUT2D eigenvalue weighted by molar-refractivity contribution is -0.385. The van der Waals surface area contributed by atoms with Gasteiger partial charge in [-0.2, -0.15) is 0 Å². The molecule has 0 aliphatic carbocycles. The van der Waals surface area contributed by atoms with E-state index in [1.54, 1.807) is 11.9 Å². The average molecular weight is 250 g/mol. The van der Waals surface area contributed by atoms with Crippen molar-refractivity contribution in [3.05, 3.63) is 27.9 Å². The van der Waals surface area contributed by atoms with Crippen LogP contribution in [0.5, 0.6) is 0 Å². The Kier molecular flexibility index (Phi) is 3.40. The van der Waals surface area contributed by atoms with Crippen molar-refractivity contribution in [3.63, 3.8) is 0 Å². The maximum absolute atomic E-state index is 12.2. The highest BCUT2D eigenvalue weighted by molar-refractivity contribution is 5.98. The summed E-state index contributed by atoms with van der Waals surface area (Å²) in [5.41, 5.74) is -0.146. The first-order valence-electron chi connectivity index (χ1n) is 5.75. The van der Waals surface area contributed by atoms with Gasteiger partial charge in [-0.3, -0.25) is 14.9 Å². The first-order chi connectivity index (χ1) is 8.63. The highest BCUT2D eigenvalue weighted by Crippen LogP contribution is 2.23. The van der Waals surface area contributed by atoms with Crippen LogP contribution >= 0.6 is 0 Å². The van der Waals surface area contributed by atoms with Gasteiger partial charge in [0.05, 0.1) is 4.92 Å². The summed E-state index contributed by atoms with van der Waals surface area (Å²) in [7, 11) is 1.65. The molecule has 0 bridgehead atoms. The lowest BCUT2D eigenvalue weighted by Gasteiger charge is -2.15. The number of nitrogens with zero attached hydrogens (tertiary/aromatic N) is 3. The third-order valence-electron chi connectivity index (χ3n) is 2.96. The zero-order valence-corrected chi connectivity index (χ0v) is 10.0. The van der Waals surface area contributed by atoms with Crippen molar-refractivity contribution in [2.24, 2.45) is 0 Å². The summed E-state index contributed by atoms with van der Waals surface area (Å²) >= 11 is 0. The van der Waals surface area contributed by atoms with E-state index in [2.05, 4.69) is 10.3 Å². The van der Waals surface area contributed by atoms with Gasteiger partial charge < -0.3 is 10.2 Å². The van der Waals surface area contributed by atoms with Gasteiger partial charge >= 0.3 is 0 Å². The number of amides is 1. The fraction of sp³-hybridized carbons (Fsp3) is 0.455. The summed E-state index contributed by atoms with van der Waals surface area (Å²) in [4.78, 5) is 28.1. The number of rotatable bonds is 3. The predicted molar refractivity (Wildman–Crippen MR) is 65.6 cm³/mol. The average Bonchev–Trinajstić information content (AvgIpc) is 2.90. The van der Waals surface area contributed by atoms with Crippen molar-refractivity contribution in [2.75, 3.05) is 25.5 Å². The molecule has 7 nitrogen and oxygen atoms in total. The molecule has 1 fully saturated rings. The first kappa shape index (κ1) is 12.3. The number of nitrogens with one attached hydrogen (secondary N) is 1. The van der Waals surface area contributed by atoms with Gasteiger partial charge in [0.2, 0.25) is 0 Å². The van der Waals surface area contributed by atoms with Crippen molar-refractivity contribution in [1.82, 2.24) is 9.88 Å². The van der Waals surface area contributed by atoms with E-state index in [1.807, 2.05) is 0 Å². The van der Waals surface area contributed by atoms with Gasteiger partial charge in [-0.1, -0.05) is 0 Å². The molecule has 2 heterocycles. The Morgan fingerprint density at radius 3 is 2.72 bits per heavy atom. The largest absolute Gasteiger partial charge is 0.373 e. The SMILES string of the molecule is CNc1cc(C(=O)N2CCCC2)c([N+](=O)[O-])cn1. The molecule has 0 spiro atoms. The highest BCUT2D eigenvalue weighted by Gasteiger charge is 2.27. The third kappa shape index (κ3) is 2.24. The first-order valence-corrected chi connectivity index (χ1v) is 5.75. The molecule has 18 heavy (non-hydrogen) atoms. The van der Waals surface area contributed by atoms with Crippen LogP contribution in [0, 0.1) is 10.1 Å². The lowest BCUT2D eigenvalue weighted by Crippen LogP contribution is -2.28. The van der Waals surface area contributed by atoms with Crippen molar-refractivity contribution < 1.29 is 9.72 Å². The van der Waals surface area contributed by atoms with Gasteiger partial charge in [0.1, 0.15) is 17.6 Å². The van der Waals surface area contributed by atoms with Gasteiger partial charge in [0.25, 0.3) is 11.6 Å². The van der Waals surface area contributed by atoms with Gasteiger partial charge in [-0.25, -0.2) is 4.98 Å². The van der Waals surface area contributed by atoms with Crippen molar-refractivity contribution >= 4 is 17.4 Å². The minimum absolute atomic E-state index is 0.0984. The zero-order chi connectivity index (χ0) is 13.1. The molecule has 1 aliphatic rings. The Hall–Kier alpha value is -2.18. The van der Waals surface area contributed by atoms with Crippen LogP contribution in [0.25, 0.3) is 0 Å². The van der Waals surface area contributed by atoms with Crippen molar-refractivity contribution in [1.29, 1.82) is 0 Å². The number of carbonyl (C=O) groups excluding carboxylic acids is 1. The molecular formula is C11H14N4O3. The maximum Gasteiger partial charge on any atom is 0.300 e. The Morgan fingerprint density at radius 2 is 2.17 bits per heavy atom. The van der Waals surface area contributed by atoms with Crippen LogP contribution in [0.4, 0.5) is 11.5 Å². The molecule has 1 N–H and O–H groups in total. The number of nitro groups is 1. The van der Waals surface area contributed by atoms with Crippen LogP contribution in [-0.2, 0) is 0 Å². The van der Waals surface area contributed by atoms with E-state index in [0.717, 1.165) is 19.0 Å². The van der Waals surface area contributed by atoms with Crippen LogP contribution in [0.2, 0.25) is 0 Å². The topological polar surface area (TPSA) is 88.4 Å². The van der Waals surface area contributed by atoms with Crippen LogP contribution < -0.4 is 5.32 Å². The summed E-state index contributed by atoms with van der Waals surface area (Å²) in [6.45, 7) is 1.32. The summed E-state index contributed by atoms with van der Waals surface area (Å²) < 4.78 is 0. The van der Waals surface area contributed by atoms with E-state index in [-0.39, 0.29) is 17.2 Å². The minimum Gasteiger partial charge on any atom is -0.373 e. The number of hydrogen-bond donors (Lipinski definition) is 1. The van der Waals surface area contributed by atoms with E-state index in [0.29, 0.717) is 18.9 Å². The van der Waals surface area contributed by atoms with E-state index in [4.69, 9.17) is 0 Å². The number of carbonyl (C=O) groups is 1. The second kappa shape index (κ2) is 4.99. The fourth-order valence-electron chi connectivity index (χ4n) is 1.99. The lowest BCUT2D eigenvalue weighted by atomic mass is 10.2. The van der Waals surface area contributed by atoms with E-state index >= 15 is 0 Å². The Labute approximate surface area is 104 Å². The minimum atomic E-state index is -0.574. The number of aromatic nitrogens is 1. The quantitative estimate of drug-likeness (QED) is 0.644. The van der Waals surface area contributed by atoms with Gasteiger partial charge in [-0.05, 0) is 12.8 Å². The van der Waals surface area contributed by atoms with Crippen LogP contribution in [0.3, 0.4) is 0 Å². The number of anilines is 1. The normalized spacial score (nSPS) is 14.6. The van der Waals surface area contributed by atoms with Gasteiger partial charge in [0, 0.05) is 26.2 Å². The molecule has 0 aromatic carbocycles. The van der Waals surface area contributed by atoms with E-state index in [1.165, 1.54) is 6.07 Å². The molecule has 1 aliphatic heterocycles. The van der Waals surface area contributed by atoms with Crippen LogP contribution in [0.15, 0.2) is 12.3 Å². The van der Waals surface area contributed by atoms with Crippen molar-refractivity contribution in [2.45, 2.75) is 12.8 Å². The van der Waals surface area contributed by atoms with Crippen LogP contribution in [-0.4, -0.2) is 40.9 Å². The Morgan fingerprint density at radius 1 is 1.50 bits per heavy atom. The standard InChI is InChI=1S/C11H14N4O3/c1-12-10-6-8(9(7-13-10)15(17)18)11(16)14-4-2-3-5-14/h6-7H,2-5H2,1H3,(H,12,13). The Bertz CT molecular complexity index is 483. The molecule has 1 saturated heterocycles. The summed E-state index contributed by atoms with van der Waals surface area (Å²) in [6.07, 6.45) is 3.02. The molecule has 1 aromatic heterocycles. The number of hydrogen-bond acceptors (Lipinski definition) is 5. The predicted octanol–water partition coefficient (Wildman–Crippen LogP) is 1.27. The van der Waals surface area contributed by atoms with Crippen LogP contribution in [0.1, 0.15) is 23.2 Å². The van der Waals surface area contributed by atoms with Gasteiger partial charge in [0.15, 0.2) is 0 Å². The molecule has 2 rings (SSSR count). The molecular weight excluding hydrogens is 236 g/mol.